The molecule has 0 saturated heterocycles. The summed E-state index contributed by atoms with van der Waals surface area (Å²) in [6.07, 6.45) is 1.60. The van der Waals surface area contributed by atoms with Crippen LogP contribution < -0.4 is 9.47 Å². The van der Waals surface area contributed by atoms with E-state index in [1.54, 1.807) is 31.2 Å². The topological polar surface area (TPSA) is 83.4 Å². The fourth-order valence-electron chi connectivity index (χ4n) is 2.70. The number of methoxy groups -OCH3 is 1. The third-order valence-corrected chi connectivity index (χ3v) is 4.03. The van der Waals surface area contributed by atoms with E-state index in [0.29, 0.717) is 17.1 Å². The van der Waals surface area contributed by atoms with Crippen molar-refractivity contribution in [1.82, 2.24) is 0 Å². The van der Waals surface area contributed by atoms with Crippen LogP contribution in [0.4, 0.5) is 0 Å². The molecule has 0 fully saturated rings. The van der Waals surface area contributed by atoms with Crippen molar-refractivity contribution in [3.05, 3.63) is 64.9 Å². The highest BCUT2D eigenvalue weighted by atomic mass is 16.6. The number of ether oxygens (including phenoxy) is 4. The zero-order valence-electron chi connectivity index (χ0n) is 16.4. The zero-order chi connectivity index (χ0) is 20.8. The first-order chi connectivity index (χ1) is 14.0. The minimum atomic E-state index is -0.525. The number of carbonyl (C=O) groups is 2. The Morgan fingerprint density at radius 2 is 2.00 bits per heavy atom. The van der Waals surface area contributed by atoms with E-state index in [2.05, 4.69) is 4.99 Å². The Morgan fingerprint density at radius 1 is 1.17 bits per heavy atom. The Morgan fingerprint density at radius 3 is 2.72 bits per heavy atom. The molecule has 7 heteroatoms. The molecule has 1 aliphatic rings. The van der Waals surface area contributed by atoms with Gasteiger partial charge in [0, 0.05) is 5.56 Å². The van der Waals surface area contributed by atoms with Crippen molar-refractivity contribution in [2.45, 2.75) is 13.8 Å². The molecule has 2 aromatic carbocycles. The van der Waals surface area contributed by atoms with Gasteiger partial charge in [-0.05, 0) is 49.8 Å². The smallest absolute Gasteiger partial charge is 0.363 e. The predicted octanol–water partition coefficient (Wildman–Crippen LogP) is 3.29. The van der Waals surface area contributed by atoms with Crippen molar-refractivity contribution in [2.75, 3.05) is 20.3 Å². The summed E-state index contributed by atoms with van der Waals surface area (Å²) in [5, 5.41) is 0. The van der Waals surface area contributed by atoms with Crippen LogP contribution in [0.15, 0.2) is 53.2 Å². The van der Waals surface area contributed by atoms with E-state index >= 15 is 0 Å². The molecule has 0 saturated carbocycles. The first-order valence-corrected chi connectivity index (χ1v) is 9.06. The molecule has 1 heterocycles. The summed E-state index contributed by atoms with van der Waals surface area (Å²) in [6, 6.07) is 12.6. The second-order valence-corrected chi connectivity index (χ2v) is 6.21. The van der Waals surface area contributed by atoms with Gasteiger partial charge in [0.15, 0.2) is 23.8 Å². The number of esters is 2. The molecule has 0 N–H and O–H groups in total. The van der Waals surface area contributed by atoms with Crippen LogP contribution in [0, 0.1) is 6.92 Å². The highest BCUT2D eigenvalue weighted by Crippen LogP contribution is 2.30. The van der Waals surface area contributed by atoms with Gasteiger partial charge in [0.1, 0.15) is 0 Å². The highest BCUT2D eigenvalue weighted by molar-refractivity contribution is 6.12. The number of carbonyl (C=O) groups excluding carboxylic acids is 2. The van der Waals surface area contributed by atoms with E-state index in [4.69, 9.17) is 18.9 Å². The Bertz CT molecular complexity index is 993. The van der Waals surface area contributed by atoms with Crippen LogP contribution >= 0.6 is 0 Å². The highest BCUT2D eigenvalue weighted by Gasteiger charge is 2.24. The van der Waals surface area contributed by atoms with Gasteiger partial charge in [-0.25, -0.2) is 14.6 Å². The summed E-state index contributed by atoms with van der Waals surface area (Å²) in [6.45, 7) is 3.74. The molecule has 0 spiro atoms. The van der Waals surface area contributed by atoms with E-state index in [9.17, 15) is 9.59 Å². The van der Waals surface area contributed by atoms with Gasteiger partial charge in [0.05, 0.1) is 13.7 Å². The second-order valence-electron chi connectivity index (χ2n) is 6.21. The Balaban J connectivity index is 1.80. The number of rotatable bonds is 7. The predicted molar refractivity (Wildman–Crippen MR) is 107 cm³/mol. The van der Waals surface area contributed by atoms with Crippen LogP contribution in [0.2, 0.25) is 0 Å². The van der Waals surface area contributed by atoms with Crippen molar-refractivity contribution in [3.8, 4) is 11.5 Å². The lowest BCUT2D eigenvalue weighted by Crippen LogP contribution is -2.14. The third kappa shape index (κ3) is 5.01. The molecule has 0 radical (unpaired) electrons. The van der Waals surface area contributed by atoms with E-state index in [1.165, 1.54) is 7.11 Å². The number of cyclic esters (lactones) is 1. The van der Waals surface area contributed by atoms with E-state index in [-0.39, 0.29) is 24.8 Å². The maximum absolute atomic E-state index is 12.2. The molecule has 3 rings (SSSR count). The van der Waals surface area contributed by atoms with Gasteiger partial charge >= 0.3 is 11.9 Å². The summed E-state index contributed by atoms with van der Waals surface area (Å²) >= 11 is 0. The molecular formula is C22H21NO6. The molecule has 0 atom stereocenters. The molecule has 7 nitrogen and oxygen atoms in total. The lowest BCUT2D eigenvalue weighted by atomic mass is 10.1. The number of benzene rings is 2. The van der Waals surface area contributed by atoms with Gasteiger partial charge in [-0.3, -0.25) is 0 Å². The fourth-order valence-corrected chi connectivity index (χ4v) is 2.70. The number of aliphatic imine (C=N–C) groups is 1. The van der Waals surface area contributed by atoms with Crippen LogP contribution in [-0.4, -0.2) is 38.2 Å². The quantitative estimate of drug-likeness (QED) is 0.528. The maximum atomic E-state index is 12.2. The summed E-state index contributed by atoms with van der Waals surface area (Å²) in [7, 11) is 1.49. The monoisotopic (exact) mass is 395 g/mol. The van der Waals surface area contributed by atoms with Gasteiger partial charge in [-0.15, -0.1) is 0 Å². The molecular weight excluding hydrogens is 374 g/mol. The minimum absolute atomic E-state index is 0.184. The largest absolute Gasteiger partial charge is 0.493 e. The van der Waals surface area contributed by atoms with Crippen LogP contribution in [0.5, 0.6) is 11.5 Å². The van der Waals surface area contributed by atoms with Crippen LogP contribution in [0.1, 0.15) is 23.6 Å². The molecule has 1 aliphatic heterocycles. The van der Waals surface area contributed by atoms with Gasteiger partial charge in [-0.2, -0.15) is 0 Å². The Hall–Kier alpha value is -3.61. The molecule has 0 bridgehead atoms. The standard InChI is InChI=1S/C22H21NO6/c1-4-27-20(24)13-28-18-9-8-15(12-19(18)26-3)11-17-22(25)29-21(23-17)16-7-5-6-14(2)10-16/h5-12H,4,13H2,1-3H3/b17-11+. The van der Waals surface area contributed by atoms with Gasteiger partial charge in [0.25, 0.3) is 0 Å². The van der Waals surface area contributed by atoms with Crippen molar-refractivity contribution < 1.29 is 28.5 Å². The zero-order valence-corrected chi connectivity index (χ0v) is 16.4. The van der Waals surface area contributed by atoms with Crippen molar-refractivity contribution in [2.24, 2.45) is 4.99 Å². The first-order valence-electron chi connectivity index (χ1n) is 9.06. The number of hydrogen-bond acceptors (Lipinski definition) is 7. The summed E-state index contributed by atoms with van der Waals surface area (Å²) in [4.78, 5) is 28.0. The van der Waals surface area contributed by atoms with Crippen molar-refractivity contribution in [3.63, 3.8) is 0 Å². The molecule has 29 heavy (non-hydrogen) atoms. The molecule has 0 aromatic heterocycles. The van der Waals surface area contributed by atoms with Gasteiger partial charge in [0.2, 0.25) is 5.90 Å². The second kappa shape index (κ2) is 9.05. The summed E-state index contributed by atoms with van der Waals surface area (Å²) in [5.41, 5.74) is 2.64. The average molecular weight is 395 g/mol. The average Bonchev–Trinajstić information content (AvgIpc) is 3.07. The molecule has 150 valence electrons. The summed E-state index contributed by atoms with van der Waals surface area (Å²) in [5.74, 6) is 0.0837. The minimum Gasteiger partial charge on any atom is -0.493 e. The van der Waals surface area contributed by atoms with Crippen molar-refractivity contribution >= 4 is 23.9 Å². The number of aryl methyl sites for hydroxylation is 1. The van der Waals surface area contributed by atoms with Gasteiger partial charge < -0.3 is 18.9 Å². The van der Waals surface area contributed by atoms with Crippen LogP contribution in [-0.2, 0) is 19.1 Å². The number of nitrogens with zero attached hydrogens (tertiary/aromatic N) is 1. The summed E-state index contributed by atoms with van der Waals surface area (Å²) < 4.78 is 20.9. The van der Waals surface area contributed by atoms with Crippen LogP contribution in [0.3, 0.4) is 0 Å². The SMILES string of the molecule is CCOC(=O)COc1ccc(/C=C2/N=C(c3cccc(C)c3)OC2=O)cc1OC. The van der Waals surface area contributed by atoms with Crippen LogP contribution in [0.25, 0.3) is 6.08 Å². The molecule has 2 aromatic rings. The molecule has 0 aliphatic carbocycles. The first kappa shape index (κ1) is 20.1. The maximum Gasteiger partial charge on any atom is 0.363 e. The molecule has 0 amide bonds. The lowest BCUT2D eigenvalue weighted by Gasteiger charge is -2.10. The van der Waals surface area contributed by atoms with E-state index < -0.39 is 11.9 Å². The normalized spacial score (nSPS) is 14.4. The van der Waals surface area contributed by atoms with Crippen molar-refractivity contribution in [1.29, 1.82) is 0 Å². The number of hydrogen-bond donors (Lipinski definition) is 0. The molecule has 0 unspecified atom stereocenters. The third-order valence-electron chi connectivity index (χ3n) is 4.03. The Kier molecular flexibility index (Phi) is 6.29. The lowest BCUT2D eigenvalue weighted by molar-refractivity contribution is -0.145. The van der Waals surface area contributed by atoms with E-state index in [1.807, 2.05) is 31.2 Å². The van der Waals surface area contributed by atoms with Gasteiger partial charge in [-0.1, -0.05) is 23.8 Å². The van der Waals surface area contributed by atoms with E-state index in [0.717, 1.165) is 11.1 Å². The Labute approximate surface area is 168 Å². The fraction of sp³-hybridized carbons (Fsp3) is 0.227.